The molecule has 0 saturated heterocycles. The highest BCUT2D eigenvalue weighted by molar-refractivity contribution is 5.40. The molecule has 2 nitrogen and oxygen atoms in total. The smallest absolute Gasteiger partial charge is 0.124 e. The number of benzene rings is 2. The third-order valence-electron chi connectivity index (χ3n) is 3.26. The van der Waals surface area contributed by atoms with E-state index >= 15 is 0 Å². The van der Waals surface area contributed by atoms with Crippen molar-refractivity contribution in [2.75, 3.05) is 6.61 Å². The predicted octanol–water partition coefficient (Wildman–Crippen LogP) is 3.64. The number of hydrogen-bond donors (Lipinski definition) is 1. The number of para-hydroxylation sites is 1. The van der Waals surface area contributed by atoms with Crippen LogP contribution in [0.15, 0.2) is 48.5 Å². The quantitative estimate of drug-likeness (QED) is 0.902. The lowest BCUT2D eigenvalue weighted by atomic mass is 9.86. The minimum absolute atomic E-state index is 0.239. The van der Waals surface area contributed by atoms with Crippen LogP contribution in [0.3, 0.4) is 0 Å². The van der Waals surface area contributed by atoms with E-state index in [0.717, 1.165) is 16.9 Å². The Bertz CT molecular complexity index is 581. The summed E-state index contributed by atoms with van der Waals surface area (Å²) >= 11 is 0. The van der Waals surface area contributed by atoms with Gasteiger partial charge in [0, 0.05) is 11.1 Å². The molecule has 2 aromatic carbocycles. The molecule has 0 aliphatic carbocycles. The highest BCUT2D eigenvalue weighted by atomic mass is 19.1. The van der Waals surface area contributed by atoms with Gasteiger partial charge in [0.25, 0.3) is 0 Å². The topological polar surface area (TPSA) is 35.2 Å². The molecular weight excluding hydrogens is 253 g/mol. The van der Waals surface area contributed by atoms with Crippen LogP contribution in [0.25, 0.3) is 0 Å². The average molecular weight is 273 g/mol. The molecule has 0 radical (unpaired) electrons. The van der Waals surface area contributed by atoms with Gasteiger partial charge >= 0.3 is 0 Å². The fourth-order valence-corrected chi connectivity index (χ4v) is 2.39. The third-order valence-corrected chi connectivity index (χ3v) is 3.26. The molecule has 0 fully saturated rings. The molecular formula is C17H20FNO. The van der Waals surface area contributed by atoms with Gasteiger partial charge in [0.1, 0.15) is 11.6 Å². The van der Waals surface area contributed by atoms with Crippen LogP contribution >= 0.6 is 0 Å². The van der Waals surface area contributed by atoms with Crippen molar-refractivity contribution in [3.8, 4) is 5.75 Å². The first kappa shape index (κ1) is 14.5. The van der Waals surface area contributed by atoms with Gasteiger partial charge in [-0.15, -0.1) is 0 Å². The van der Waals surface area contributed by atoms with Crippen molar-refractivity contribution in [1.82, 2.24) is 0 Å². The molecule has 106 valence electrons. The molecule has 2 N–H and O–H groups in total. The van der Waals surface area contributed by atoms with Gasteiger partial charge in [-0.2, -0.15) is 0 Å². The summed E-state index contributed by atoms with van der Waals surface area (Å²) in [5, 5.41) is 0. The first-order chi connectivity index (χ1) is 9.53. The van der Waals surface area contributed by atoms with Crippen molar-refractivity contribution < 1.29 is 9.13 Å². The van der Waals surface area contributed by atoms with Crippen molar-refractivity contribution >= 4 is 0 Å². The second kappa shape index (κ2) is 6.06. The summed E-state index contributed by atoms with van der Waals surface area (Å²) in [7, 11) is 0. The lowest BCUT2D eigenvalue weighted by molar-refractivity contribution is 0.325. The highest BCUT2D eigenvalue weighted by Gasteiger charge is 2.25. The maximum absolute atomic E-state index is 13.3. The van der Waals surface area contributed by atoms with Gasteiger partial charge < -0.3 is 10.5 Å². The van der Waals surface area contributed by atoms with Crippen LogP contribution in [0.4, 0.5) is 4.39 Å². The fraction of sp³-hybridized carbons (Fsp3) is 0.294. The Morgan fingerprint density at radius 1 is 1.15 bits per heavy atom. The summed E-state index contributed by atoms with van der Waals surface area (Å²) in [5.41, 5.74) is 7.65. The molecule has 2 rings (SSSR count). The minimum Gasteiger partial charge on any atom is -0.494 e. The molecule has 1 unspecified atom stereocenters. The Morgan fingerprint density at radius 3 is 2.60 bits per heavy atom. The minimum atomic E-state index is -0.612. The summed E-state index contributed by atoms with van der Waals surface area (Å²) in [6.45, 7) is 4.47. The van der Waals surface area contributed by atoms with Crippen molar-refractivity contribution in [1.29, 1.82) is 0 Å². The van der Waals surface area contributed by atoms with E-state index < -0.39 is 5.54 Å². The Morgan fingerprint density at radius 2 is 1.90 bits per heavy atom. The summed E-state index contributed by atoms with van der Waals surface area (Å²) in [5.74, 6) is 0.549. The highest BCUT2D eigenvalue weighted by Crippen LogP contribution is 2.30. The van der Waals surface area contributed by atoms with Gasteiger partial charge in [0.05, 0.1) is 6.61 Å². The van der Waals surface area contributed by atoms with E-state index in [1.165, 1.54) is 12.1 Å². The van der Waals surface area contributed by atoms with Gasteiger partial charge in [-0.1, -0.05) is 30.3 Å². The van der Waals surface area contributed by atoms with Crippen LogP contribution in [0.2, 0.25) is 0 Å². The number of ether oxygens (including phenoxy) is 1. The van der Waals surface area contributed by atoms with Crippen LogP contribution in [0, 0.1) is 5.82 Å². The molecule has 0 spiro atoms. The monoisotopic (exact) mass is 273 g/mol. The Balaban J connectivity index is 2.30. The second-order valence-corrected chi connectivity index (χ2v) is 5.15. The summed E-state index contributed by atoms with van der Waals surface area (Å²) < 4.78 is 18.9. The lowest BCUT2D eigenvalue weighted by Crippen LogP contribution is -2.36. The number of halogens is 1. The molecule has 0 aliphatic heterocycles. The first-order valence-electron chi connectivity index (χ1n) is 6.78. The van der Waals surface area contributed by atoms with E-state index in [9.17, 15) is 4.39 Å². The molecule has 0 aliphatic rings. The number of rotatable bonds is 5. The zero-order chi connectivity index (χ0) is 14.6. The van der Waals surface area contributed by atoms with Crippen LogP contribution in [0.5, 0.6) is 5.75 Å². The summed E-state index contributed by atoms with van der Waals surface area (Å²) in [4.78, 5) is 0. The summed E-state index contributed by atoms with van der Waals surface area (Å²) in [6, 6.07) is 14.3. The Labute approximate surface area is 119 Å². The zero-order valence-corrected chi connectivity index (χ0v) is 11.9. The van der Waals surface area contributed by atoms with Crippen molar-refractivity contribution in [2.45, 2.75) is 25.8 Å². The lowest BCUT2D eigenvalue weighted by Gasteiger charge is -2.27. The van der Waals surface area contributed by atoms with E-state index in [0.29, 0.717) is 13.0 Å². The first-order valence-corrected chi connectivity index (χ1v) is 6.78. The molecule has 0 bridgehead atoms. The standard InChI is InChI=1S/C17H20FNO/c1-3-20-16-10-5-4-9-15(16)17(2,19)12-13-7-6-8-14(18)11-13/h4-11H,3,12,19H2,1-2H3. The summed E-state index contributed by atoms with van der Waals surface area (Å²) in [6.07, 6.45) is 0.550. The third kappa shape index (κ3) is 3.36. The van der Waals surface area contributed by atoms with Crippen LogP contribution < -0.4 is 10.5 Å². The van der Waals surface area contributed by atoms with E-state index in [1.807, 2.05) is 44.2 Å². The maximum Gasteiger partial charge on any atom is 0.124 e. The van der Waals surface area contributed by atoms with Crippen molar-refractivity contribution in [3.05, 3.63) is 65.5 Å². The largest absolute Gasteiger partial charge is 0.494 e. The van der Waals surface area contributed by atoms with Crippen molar-refractivity contribution in [2.24, 2.45) is 5.73 Å². The Hall–Kier alpha value is -1.87. The van der Waals surface area contributed by atoms with Crippen molar-refractivity contribution in [3.63, 3.8) is 0 Å². The van der Waals surface area contributed by atoms with Gasteiger partial charge in [0.15, 0.2) is 0 Å². The van der Waals surface area contributed by atoms with E-state index in [1.54, 1.807) is 6.07 Å². The maximum atomic E-state index is 13.3. The SMILES string of the molecule is CCOc1ccccc1C(C)(N)Cc1cccc(F)c1. The average Bonchev–Trinajstić information content (AvgIpc) is 2.39. The van der Waals surface area contributed by atoms with E-state index in [-0.39, 0.29) is 5.82 Å². The van der Waals surface area contributed by atoms with Gasteiger partial charge in [-0.05, 0) is 44.0 Å². The van der Waals surface area contributed by atoms with Crippen LogP contribution in [0.1, 0.15) is 25.0 Å². The fourth-order valence-electron chi connectivity index (χ4n) is 2.39. The normalized spacial score (nSPS) is 13.8. The molecule has 20 heavy (non-hydrogen) atoms. The van der Waals surface area contributed by atoms with Gasteiger partial charge in [-0.25, -0.2) is 4.39 Å². The molecule has 0 saturated carbocycles. The molecule has 0 amide bonds. The van der Waals surface area contributed by atoms with E-state index in [2.05, 4.69) is 0 Å². The molecule has 0 heterocycles. The number of nitrogens with two attached hydrogens (primary N) is 1. The second-order valence-electron chi connectivity index (χ2n) is 5.15. The zero-order valence-electron chi connectivity index (χ0n) is 11.9. The van der Waals surface area contributed by atoms with Crippen LogP contribution in [-0.4, -0.2) is 6.61 Å². The van der Waals surface area contributed by atoms with Gasteiger partial charge in [-0.3, -0.25) is 0 Å². The predicted molar refractivity (Wildman–Crippen MR) is 79.3 cm³/mol. The molecule has 0 aromatic heterocycles. The van der Waals surface area contributed by atoms with Crippen LogP contribution in [-0.2, 0) is 12.0 Å². The number of hydrogen-bond acceptors (Lipinski definition) is 2. The molecule has 1 atom stereocenters. The van der Waals surface area contributed by atoms with E-state index in [4.69, 9.17) is 10.5 Å². The Kier molecular flexibility index (Phi) is 4.40. The molecule has 2 aromatic rings. The van der Waals surface area contributed by atoms with Gasteiger partial charge in [0.2, 0.25) is 0 Å². The molecule has 3 heteroatoms.